The molecule has 1 atom stereocenters. The lowest BCUT2D eigenvalue weighted by Gasteiger charge is -2.32. The number of hydrogen-bond donors (Lipinski definition) is 3. The van der Waals surface area contributed by atoms with Crippen LogP contribution in [0.4, 0.5) is 0 Å². The summed E-state index contributed by atoms with van der Waals surface area (Å²) >= 11 is 0. The summed E-state index contributed by atoms with van der Waals surface area (Å²) in [5.74, 6) is -0.794. The molecule has 1 fully saturated rings. The van der Waals surface area contributed by atoms with Crippen LogP contribution in [0.2, 0.25) is 0 Å². The van der Waals surface area contributed by atoms with Crippen LogP contribution in [0.15, 0.2) is 0 Å². The lowest BCUT2D eigenvalue weighted by molar-refractivity contribution is -0.138. The fraction of sp³-hybridized carbons (Fsp3) is 0.833. The first-order valence-corrected chi connectivity index (χ1v) is 6.15. The normalized spacial score (nSPS) is 20.6. The second-order valence-electron chi connectivity index (χ2n) is 5.22. The molecule has 1 heterocycles. The van der Waals surface area contributed by atoms with Crippen molar-refractivity contribution in [3.05, 3.63) is 0 Å². The van der Waals surface area contributed by atoms with Crippen LogP contribution in [0.25, 0.3) is 0 Å². The second-order valence-corrected chi connectivity index (χ2v) is 5.22. The zero-order valence-corrected chi connectivity index (χ0v) is 10.6. The molecular weight excluding hydrogens is 220 g/mol. The van der Waals surface area contributed by atoms with Crippen LogP contribution in [-0.4, -0.2) is 36.6 Å². The summed E-state index contributed by atoms with van der Waals surface area (Å²) in [5, 5.41) is 14.7. The Bertz CT molecular complexity index is 285. The number of carboxylic acids is 1. The molecule has 1 unspecified atom stereocenters. The van der Waals surface area contributed by atoms with Crippen LogP contribution >= 0.6 is 0 Å². The fourth-order valence-corrected chi connectivity index (χ4v) is 2.06. The molecular formula is C12H22N2O3. The van der Waals surface area contributed by atoms with Crippen molar-refractivity contribution in [2.45, 2.75) is 33.1 Å². The lowest BCUT2D eigenvalue weighted by Crippen LogP contribution is -2.46. The summed E-state index contributed by atoms with van der Waals surface area (Å²) in [6.45, 7) is 5.99. The Balaban J connectivity index is 2.35. The summed E-state index contributed by atoms with van der Waals surface area (Å²) in [4.78, 5) is 22.5. The van der Waals surface area contributed by atoms with E-state index in [2.05, 4.69) is 10.6 Å². The topological polar surface area (TPSA) is 78.4 Å². The van der Waals surface area contributed by atoms with E-state index in [1.165, 1.54) is 0 Å². The van der Waals surface area contributed by atoms with Crippen LogP contribution < -0.4 is 10.6 Å². The standard InChI is InChI=1S/C12H22N2O3/c1-9(7-10(15)16)8-14-11(17)12(2)3-5-13-6-4-12/h9,13H,3-8H2,1-2H3,(H,14,17)(H,15,16). The van der Waals surface area contributed by atoms with Crippen molar-refractivity contribution in [2.24, 2.45) is 11.3 Å². The molecule has 1 saturated heterocycles. The van der Waals surface area contributed by atoms with Crippen LogP contribution in [0.1, 0.15) is 33.1 Å². The molecule has 98 valence electrons. The molecule has 0 aromatic heterocycles. The summed E-state index contributed by atoms with van der Waals surface area (Å²) < 4.78 is 0. The van der Waals surface area contributed by atoms with Crippen molar-refractivity contribution in [2.75, 3.05) is 19.6 Å². The van der Waals surface area contributed by atoms with Crippen LogP contribution in [0.3, 0.4) is 0 Å². The molecule has 3 N–H and O–H groups in total. The summed E-state index contributed by atoms with van der Waals surface area (Å²) in [6.07, 6.45) is 1.77. The fourth-order valence-electron chi connectivity index (χ4n) is 2.06. The van der Waals surface area contributed by atoms with Crippen molar-refractivity contribution >= 4 is 11.9 Å². The lowest BCUT2D eigenvalue weighted by atomic mass is 9.80. The Morgan fingerprint density at radius 1 is 1.41 bits per heavy atom. The van der Waals surface area contributed by atoms with Gasteiger partial charge in [-0.25, -0.2) is 0 Å². The van der Waals surface area contributed by atoms with Gasteiger partial charge in [0.05, 0.1) is 0 Å². The first-order valence-electron chi connectivity index (χ1n) is 6.15. The maximum atomic E-state index is 12.0. The highest BCUT2D eigenvalue weighted by Crippen LogP contribution is 2.27. The molecule has 1 aliphatic rings. The van der Waals surface area contributed by atoms with E-state index in [1.807, 2.05) is 13.8 Å². The molecule has 0 aliphatic carbocycles. The van der Waals surface area contributed by atoms with Crippen LogP contribution in [-0.2, 0) is 9.59 Å². The molecule has 5 heteroatoms. The van der Waals surface area contributed by atoms with Gasteiger partial charge in [0.1, 0.15) is 0 Å². The summed E-state index contributed by atoms with van der Waals surface area (Å²) in [7, 11) is 0. The quantitative estimate of drug-likeness (QED) is 0.660. The number of piperidine rings is 1. The van der Waals surface area contributed by atoms with Gasteiger partial charge in [0.15, 0.2) is 0 Å². The number of hydrogen-bond acceptors (Lipinski definition) is 3. The summed E-state index contributed by atoms with van der Waals surface area (Å²) in [6, 6.07) is 0. The first-order chi connectivity index (χ1) is 7.94. The SMILES string of the molecule is CC(CNC(=O)C1(C)CCNCC1)CC(=O)O. The summed E-state index contributed by atoms with van der Waals surface area (Å²) in [5.41, 5.74) is -0.297. The van der Waals surface area contributed by atoms with Crippen molar-refractivity contribution in [1.29, 1.82) is 0 Å². The maximum absolute atomic E-state index is 12.0. The second kappa shape index (κ2) is 6.00. The molecule has 0 spiro atoms. The first kappa shape index (κ1) is 14.0. The van der Waals surface area contributed by atoms with Crippen molar-refractivity contribution in [1.82, 2.24) is 10.6 Å². The van der Waals surface area contributed by atoms with Crippen LogP contribution in [0.5, 0.6) is 0 Å². The minimum Gasteiger partial charge on any atom is -0.481 e. The van der Waals surface area contributed by atoms with E-state index in [0.29, 0.717) is 6.54 Å². The highest BCUT2D eigenvalue weighted by Gasteiger charge is 2.34. The van der Waals surface area contributed by atoms with E-state index in [1.54, 1.807) is 0 Å². The third-order valence-corrected chi connectivity index (χ3v) is 3.39. The predicted molar refractivity (Wildman–Crippen MR) is 64.6 cm³/mol. The van der Waals surface area contributed by atoms with Gasteiger partial charge >= 0.3 is 5.97 Å². The van der Waals surface area contributed by atoms with E-state index in [-0.39, 0.29) is 23.7 Å². The minimum absolute atomic E-state index is 0.0261. The third kappa shape index (κ3) is 4.34. The Morgan fingerprint density at radius 3 is 2.53 bits per heavy atom. The van der Waals surface area contributed by atoms with Crippen molar-refractivity contribution < 1.29 is 14.7 Å². The Morgan fingerprint density at radius 2 is 2.00 bits per heavy atom. The largest absolute Gasteiger partial charge is 0.481 e. The smallest absolute Gasteiger partial charge is 0.303 e. The van der Waals surface area contributed by atoms with Gasteiger partial charge in [-0.3, -0.25) is 9.59 Å². The minimum atomic E-state index is -0.820. The monoisotopic (exact) mass is 242 g/mol. The predicted octanol–water partition coefficient (Wildman–Crippen LogP) is 0.603. The molecule has 0 radical (unpaired) electrons. The number of aliphatic carboxylic acids is 1. The van der Waals surface area contributed by atoms with Crippen LogP contribution in [0, 0.1) is 11.3 Å². The third-order valence-electron chi connectivity index (χ3n) is 3.39. The van der Waals surface area contributed by atoms with E-state index in [9.17, 15) is 9.59 Å². The molecule has 5 nitrogen and oxygen atoms in total. The van der Waals surface area contributed by atoms with Gasteiger partial charge in [-0.15, -0.1) is 0 Å². The van der Waals surface area contributed by atoms with Crippen molar-refractivity contribution in [3.8, 4) is 0 Å². The van der Waals surface area contributed by atoms with Gasteiger partial charge < -0.3 is 15.7 Å². The van der Waals surface area contributed by atoms with E-state index in [0.717, 1.165) is 25.9 Å². The van der Waals surface area contributed by atoms with Gasteiger partial charge in [-0.2, -0.15) is 0 Å². The van der Waals surface area contributed by atoms with Gasteiger partial charge in [0.25, 0.3) is 0 Å². The highest BCUT2D eigenvalue weighted by atomic mass is 16.4. The Kier molecular flexibility index (Phi) is 4.93. The van der Waals surface area contributed by atoms with Gasteiger partial charge in [-0.05, 0) is 31.8 Å². The zero-order valence-electron chi connectivity index (χ0n) is 10.6. The van der Waals surface area contributed by atoms with E-state index >= 15 is 0 Å². The molecule has 0 aromatic carbocycles. The highest BCUT2D eigenvalue weighted by molar-refractivity contribution is 5.82. The van der Waals surface area contributed by atoms with E-state index < -0.39 is 5.97 Å². The van der Waals surface area contributed by atoms with Gasteiger partial charge in [0.2, 0.25) is 5.91 Å². The van der Waals surface area contributed by atoms with Crippen molar-refractivity contribution in [3.63, 3.8) is 0 Å². The average Bonchev–Trinajstić information content (AvgIpc) is 2.26. The van der Waals surface area contributed by atoms with Gasteiger partial charge in [-0.1, -0.05) is 13.8 Å². The van der Waals surface area contributed by atoms with Gasteiger partial charge in [0, 0.05) is 18.4 Å². The zero-order chi connectivity index (χ0) is 12.9. The molecule has 0 bridgehead atoms. The molecule has 1 aliphatic heterocycles. The number of nitrogens with one attached hydrogen (secondary N) is 2. The number of carboxylic acid groups (broad SMARTS) is 1. The van der Waals surface area contributed by atoms with E-state index in [4.69, 9.17) is 5.11 Å². The average molecular weight is 242 g/mol. The Hall–Kier alpha value is -1.10. The number of carbonyl (C=O) groups is 2. The molecule has 1 amide bonds. The molecule has 1 rings (SSSR count). The molecule has 17 heavy (non-hydrogen) atoms. The number of carbonyl (C=O) groups excluding carboxylic acids is 1. The molecule has 0 aromatic rings. The maximum Gasteiger partial charge on any atom is 0.303 e. The number of amides is 1. The number of rotatable bonds is 5. The molecule has 0 saturated carbocycles. The Labute approximate surface area is 102 Å².